The first kappa shape index (κ1) is 16.4. The minimum atomic E-state index is -0.940. The molecule has 2 aromatic heterocycles. The fourth-order valence-corrected chi connectivity index (χ4v) is 3.20. The van der Waals surface area contributed by atoms with Gasteiger partial charge in [-0.3, -0.25) is 0 Å². The van der Waals surface area contributed by atoms with E-state index in [4.69, 9.17) is 0 Å². The zero-order valence-electron chi connectivity index (χ0n) is 13.0. The Morgan fingerprint density at radius 1 is 1.08 bits per heavy atom. The monoisotopic (exact) mass is 349 g/mol. The molecule has 1 N–H and O–H groups in total. The molecule has 0 bridgehead atoms. The topological polar surface area (TPSA) is 37.8 Å². The Morgan fingerprint density at radius 3 is 2.33 bits per heavy atom. The van der Waals surface area contributed by atoms with Gasteiger partial charge in [-0.2, -0.15) is 0 Å². The van der Waals surface area contributed by atoms with E-state index in [0.29, 0.717) is 18.0 Å². The van der Waals surface area contributed by atoms with Crippen LogP contribution in [-0.4, -0.2) is 9.97 Å². The molecule has 0 unspecified atom stereocenters. The third kappa shape index (κ3) is 3.41. The number of thiazole rings is 1. The van der Waals surface area contributed by atoms with Gasteiger partial charge in [-0.25, -0.2) is 23.1 Å². The summed E-state index contributed by atoms with van der Waals surface area (Å²) in [5.74, 6) is -2.33. The quantitative estimate of drug-likeness (QED) is 0.731. The van der Waals surface area contributed by atoms with Crippen LogP contribution in [0.3, 0.4) is 0 Å². The Bertz CT molecular complexity index is 852. The van der Waals surface area contributed by atoms with E-state index < -0.39 is 17.5 Å². The van der Waals surface area contributed by atoms with Crippen LogP contribution in [0.4, 0.5) is 19.0 Å². The lowest BCUT2D eigenvalue weighted by atomic mass is 10.2. The molecule has 3 aromatic rings. The first-order chi connectivity index (χ1) is 11.4. The number of hydrogen-bond acceptors (Lipinski definition) is 4. The maximum absolute atomic E-state index is 13.6. The van der Waals surface area contributed by atoms with Crippen molar-refractivity contribution in [2.75, 3.05) is 5.32 Å². The average molecular weight is 349 g/mol. The standard InChI is InChI=1S/C17H14F3N3S/c1-9-17(23-10(2)24-9)11-3-4-16(21-7-11)22-8-13-14(19)5-12(18)6-15(13)20/h3-7H,8H2,1-2H3,(H,21,22). The van der Waals surface area contributed by atoms with Gasteiger partial charge in [-0.1, -0.05) is 0 Å². The van der Waals surface area contributed by atoms with Crippen molar-refractivity contribution >= 4 is 17.2 Å². The molecule has 0 amide bonds. The van der Waals surface area contributed by atoms with E-state index in [1.54, 1.807) is 23.6 Å². The van der Waals surface area contributed by atoms with Crippen molar-refractivity contribution in [1.82, 2.24) is 9.97 Å². The summed E-state index contributed by atoms with van der Waals surface area (Å²) >= 11 is 1.61. The molecule has 1 aromatic carbocycles. The van der Waals surface area contributed by atoms with Gasteiger partial charge in [0.2, 0.25) is 0 Å². The van der Waals surface area contributed by atoms with Gasteiger partial charge in [-0.05, 0) is 26.0 Å². The molecule has 0 aliphatic rings. The highest BCUT2D eigenvalue weighted by molar-refractivity contribution is 7.11. The number of hydrogen-bond donors (Lipinski definition) is 1. The Labute approximate surface area is 141 Å². The van der Waals surface area contributed by atoms with Gasteiger partial charge in [0.1, 0.15) is 23.3 Å². The van der Waals surface area contributed by atoms with Gasteiger partial charge in [0.05, 0.1) is 10.7 Å². The molecule has 0 aliphatic heterocycles. The molecule has 124 valence electrons. The van der Waals surface area contributed by atoms with Crippen LogP contribution in [-0.2, 0) is 6.54 Å². The molecule has 0 radical (unpaired) electrons. The normalized spacial score (nSPS) is 10.9. The second-order valence-corrected chi connectivity index (χ2v) is 6.68. The van der Waals surface area contributed by atoms with E-state index >= 15 is 0 Å². The Balaban J connectivity index is 1.75. The van der Waals surface area contributed by atoms with Crippen LogP contribution >= 0.6 is 11.3 Å². The van der Waals surface area contributed by atoms with Crippen molar-refractivity contribution in [3.8, 4) is 11.3 Å². The van der Waals surface area contributed by atoms with Gasteiger partial charge >= 0.3 is 0 Å². The lowest BCUT2D eigenvalue weighted by Gasteiger charge is -2.08. The Morgan fingerprint density at radius 2 is 1.79 bits per heavy atom. The first-order valence-electron chi connectivity index (χ1n) is 7.22. The van der Waals surface area contributed by atoms with Crippen LogP contribution in [0.5, 0.6) is 0 Å². The van der Waals surface area contributed by atoms with Crippen LogP contribution in [0, 0.1) is 31.3 Å². The number of halogens is 3. The van der Waals surface area contributed by atoms with Gasteiger partial charge in [0.25, 0.3) is 0 Å². The number of aryl methyl sites for hydroxylation is 2. The molecule has 0 fully saturated rings. The zero-order valence-corrected chi connectivity index (χ0v) is 13.8. The van der Waals surface area contributed by atoms with E-state index in [-0.39, 0.29) is 12.1 Å². The number of nitrogens with one attached hydrogen (secondary N) is 1. The third-order valence-corrected chi connectivity index (χ3v) is 4.38. The van der Waals surface area contributed by atoms with Crippen molar-refractivity contribution < 1.29 is 13.2 Å². The molecule has 3 nitrogen and oxygen atoms in total. The summed E-state index contributed by atoms with van der Waals surface area (Å²) < 4.78 is 40.1. The number of aromatic nitrogens is 2. The molecule has 3 rings (SSSR count). The summed E-state index contributed by atoms with van der Waals surface area (Å²) in [5.41, 5.74) is 1.53. The average Bonchev–Trinajstić information content (AvgIpc) is 2.85. The lowest BCUT2D eigenvalue weighted by Crippen LogP contribution is -2.06. The highest BCUT2D eigenvalue weighted by Crippen LogP contribution is 2.27. The van der Waals surface area contributed by atoms with E-state index in [9.17, 15) is 13.2 Å². The minimum absolute atomic E-state index is 0.126. The highest BCUT2D eigenvalue weighted by atomic mass is 32.1. The lowest BCUT2D eigenvalue weighted by molar-refractivity contribution is 0.526. The Hall–Kier alpha value is -2.41. The summed E-state index contributed by atoms with van der Waals surface area (Å²) in [7, 11) is 0. The van der Waals surface area contributed by atoms with Crippen molar-refractivity contribution in [2.24, 2.45) is 0 Å². The maximum Gasteiger partial charge on any atom is 0.134 e. The highest BCUT2D eigenvalue weighted by Gasteiger charge is 2.12. The van der Waals surface area contributed by atoms with Crippen LogP contribution in [0.15, 0.2) is 30.5 Å². The number of anilines is 1. The summed E-state index contributed by atoms with van der Waals surface area (Å²) in [5, 5.41) is 3.81. The minimum Gasteiger partial charge on any atom is -0.366 e. The second kappa shape index (κ2) is 6.60. The predicted octanol–water partition coefficient (Wildman–Crippen LogP) is 4.85. The molecule has 0 aliphatic carbocycles. The van der Waals surface area contributed by atoms with Crippen LogP contribution in [0.25, 0.3) is 11.3 Å². The largest absolute Gasteiger partial charge is 0.366 e. The van der Waals surface area contributed by atoms with E-state index in [1.165, 1.54) is 0 Å². The van der Waals surface area contributed by atoms with Gasteiger partial charge < -0.3 is 5.32 Å². The van der Waals surface area contributed by atoms with Crippen molar-refractivity contribution in [3.05, 3.63) is 63.4 Å². The Kier molecular flexibility index (Phi) is 4.53. The second-order valence-electron chi connectivity index (χ2n) is 5.27. The van der Waals surface area contributed by atoms with E-state index in [2.05, 4.69) is 15.3 Å². The molecule has 0 atom stereocenters. The first-order valence-corrected chi connectivity index (χ1v) is 8.03. The molecule has 2 heterocycles. The fraction of sp³-hybridized carbons (Fsp3) is 0.176. The number of benzene rings is 1. The van der Waals surface area contributed by atoms with Gasteiger partial charge in [0.15, 0.2) is 0 Å². The molecular formula is C17H14F3N3S. The number of nitrogens with zero attached hydrogens (tertiary/aromatic N) is 2. The molecule has 0 saturated carbocycles. The fourth-order valence-electron chi connectivity index (χ4n) is 2.36. The summed E-state index contributed by atoms with van der Waals surface area (Å²) in [6.45, 7) is 3.81. The van der Waals surface area contributed by atoms with Crippen molar-refractivity contribution in [1.29, 1.82) is 0 Å². The molecule has 7 heteroatoms. The molecule has 0 saturated heterocycles. The van der Waals surface area contributed by atoms with Crippen molar-refractivity contribution in [3.63, 3.8) is 0 Å². The molecule has 24 heavy (non-hydrogen) atoms. The molecular weight excluding hydrogens is 335 g/mol. The summed E-state index contributed by atoms with van der Waals surface area (Å²) in [6, 6.07) is 4.87. The van der Waals surface area contributed by atoms with Crippen LogP contribution in [0.1, 0.15) is 15.4 Å². The van der Waals surface area contributed by atoms with E-state index in [0.717, 1.165) is 21.1 Å². The summed E-state index contributed by atoms with van der Waals surface area (Å²) in [6.07, 6.45) is 1.65. The molecule has 0 spiro atoms. The predicted molar refractivity (Wildman–Crippen MR) is 88.5 cm³/mol. The smallest absolute Gasteiger partial charge is 0.134 e. The van der Waals surface area contributed by atoms with Crippen LogP contribution < -0.4 is 5.32 Å². The zero-order chi connectivity index (χ0) is 17.3. The van der Waals surface area contributed by atoms with Gasteiger partial charge in [-0.15, -0.1) is 11.3 Å². The summed E-state index contributed by atoms with van der Waals surface area (Å²) in [4.78, 5) is 9.79. The van der Waals surface area contributed by atoms with Crippen molar-refractivity contribution in [2.45, 2.75) is 20.4 Å². The maximum atomic E-state index is 13.6. The number of rotatable bonds is 4. The van der Waals surface area contributed by atoms with Crippen LogP contribution in [0.2, 0.25) is 0 Å². The SMILES string of the molecule is Cc1nc(-c2ccc(NCc3c(F)cc(F)cc3F)nc2)c(C)s1. The van der Waals surface area contributed by atoms with E-state index in [1.807, 2.05) is 19.9 Å². The third-order valence-electron chi connectivity index (χ3n) is 3.49. The van der Waals surface area contributed by atoms with Gasteiger partial charge in [0, 0.05) is 40.9 Å². The number of pyridine rings is 1.